The molecule has 0 aliphatic carbocycles. The molecule has 1 aromatic carbocycles. The van der Waals surface area contributed by atoms with E-state index in [4.69, 9.17) is 5.84 Å². The molecule has 0 bridgehead atoms. The molecule has 0 radical (unpaired) electrons. The molecule has 1 unspecified atom stereocenters. The maximum atomic E-state index is 5.66. The molecule has 0 saturated carbocycles. The van der Waals surface area contributed by atoms with E-state index in [1.54, 1.807) is 0 Å². The van der Waals surface area contributed by atoms with Gasteiger partial charge in [0.25, 0.3) is 0 Å². The highest BCUT2D eigenvalue weighted by molar-refractivity contribution is 5.35. The van der Waals surface area contributed by atoms with Crippen molar-refractivity contribution in [1.29, 1.82) is 0 Å². The van der Waals surface area contributed by atoms with Gasteiger partial charge in [-0.05, 0) is 49.3 Å². The molecule has 1 atom stereocenters. The van der Waals surface area contributed by atoms with Crippen LogP contribution in [-0.2, 0) is 0 Å². The van der Waals surface area contributed by atoms with Crippen molar-refractivity contribution in [3.05, 3.63) is 34.9 Å². The molecule has 90 valence electrons. The van der Waals surface area contributed by atoms with Crippen LogP contribution in [0.5, 0.6) is 0 Å². The third kappa shape index (κ3) is 3.32. The minimum Gasteiger partial charge on any atom is -0.271 e. The van der Waals surface area contributed by atoms with Gasteiger partial charge in [-0.2, -0.15) is 0 Å². The fraction of sp³-hybridized carbons (Fsp3) is 0.571. The number of hydrazine groups is 1. The maximum Gasteiger partial charge on any atom is 0.0462 e. The zero-order chi connectivity index (χ0) is 12.1. The van der Waals surface area contributed by atoms with E-state index in [1.807, 2.05) is 0 Å². The smallest absolute Gasteiger partial charge is 0.0462 e. The summed E-state index contributed by atoms with van der Waals surface area (Å²) in [5.41, 5.74) is 6.97. The molecule has 16 heavy (non-hydrogen) atoms. The normalized spacial score (nSPS) is 13.1. The summed E-state index contributed by atoms with van der Waals surface area (Å²) in [5.74, 6) is 6.38. The van der Waals surface area contributed by atoms with Crippen molar-refractivity contribution in [3.8, 4) is 0 Å². The second-order valence-electron chi connectivity index (χ2n) is 4.98. The third-order valence-electron chi connectivity index (χ3n) is 3.26. The highest BCUT2D eigenvalue weighted by atomic mass is 15.2. The van der Waals surface area contributed by atoms with Gasteiger partial charge < -0.3 is 0 Å². The van der Waals surface area contributed by atoms with E-state index in [0.29, 0.717) is 0 Å². The van der Waals surface area contributed by atoms with Gasteiger partial charge in [0, 0.05) is 6.04 Å². The minimum atomic E-state index is 0.280. The number of hydrogen-bond donors (Lipinski definition) is 2. The average molecular weight is 220 g/mol. The zero-order valence-electron chi connectivity index (χ0n) is 10.9. The largest absolute Gasteiger partial charge is 0.271 e. The van der Waals surface area contributed by atoms with Crippen LogP contribution in [-0.4, -0.2) is 0 Å². The fourth-order valence-corrected chi connectivity index (χ4v) is 1.98. The summed E-state index contributed by atoms with van der Waals surface area (Å²) in [6.45, 7) is 8.81. The van der Waals surface area contributed by atoms with Crippen molar-refractivity contribution in [2.75, 3.05) is 0 Å². The number of rotatable bonds is 5. The molecule has 0 amide bonds. The van der Waals surface area contributed by atoms with Crippen molar-refractivity contribution >= 4 is 0 Å². The van der Waals surface area contributed by atoms with E-state index in [2.05, 4.69) is 51.3 Å². The molecule has 0 aromatic heterocycles. The Labute approximate surface area is 99.2 Å². The van der Waals surface area contributed by atoms with Gasteiger partial charge in [0.2, 0.25) is 0 Å². The quantitative estimate of drug-likeness (QED) is 0.590. The number of nitrogens with two attached hydrogens (primary N) is 1. The summed E-state index contributed by atoms with van der Waals surface area (Å²) >= 11 is 0. The lowest BCUT2D eigenvalue weighted by molar-refractivity contribution is 0.447. The maximum absolute atomic E-state index is 5.66. The number of benzene rings is 1. The lowest BCUT2D eigenvalue weighted by Crippen LogP contribution is -2.29. The Kier molecular flexibility index (Phi) is 4.97. The summed E-state index contributed by atoms with van der Waals surface area (Å²) in [6, 6.07) is 6.71. The topological polar surface area (TPSA) is 38.0 Å². The van der Waals surface area contributed by atoms with Gasteiger partial charge in [0.15, 0.2) is 0 Å². The van der Waals surface area contributed by atoms with Crippen LogP contribution in [0.25, 0.3) is 0 Å². The summed E-state index contributed by atoms with van der Waals surface area (Å²) in [4.78, 5) is 0. The lowest BCUT2D eigenvalue weighted by Gasteiger charge is -2.20. The van der Waals surface area contributed by atoms with E-state index >= 15 is 0 Å². The Bertz CT molecular complexity index is 332. The first kappa shape index (κ1) is 13.2. The highest BCUT2D eigenvalue weighted by Crippen LogP contribution is 2.24. The van der Waals surface area contributed by atoms with Gasteiger partial charge in [-0.25, -0.2) is 0 Å². The second-order valence-corrected chi connectivity index (χ2v) is 4.98. The Morgan fingerprint density at radius 3 is 2.44 bits per heavy atom. The highest BCUT2D eigenvalue weighted by Gasteiger charge is 2.13. The molecule has 2 heteroatoms. The van der Waals surface area contributed by atoms with Gasteiger partial charge in [-0.1, -0.05) is 32.0 Å². The minimum absolute atomic E-state index is 0.280. The van der Waals surface area contributed by atoms with Gasteiger partial charge in [-0.3, -0.25) is 11.3 Å². The first-order valence-electron chi connectivity index (χ1n) is 6.08. The summed E-state index contributed by atoms with van der Waals surface area (Å²) in [6.07, 6.45) is 2.29. The van der Waals surface area contributed by atoms with Gasteiger partial charge in [-0.15, -0.1) is 0 Å². The standard InChI is InChI=1S/C14H24N2/c1-10(2)8-9-14(16-15)13-7-5-6-11(3)12(13)4/h5-7,10,14,16H,8-9,15H2,1-4H3. The Morgan fingerprint density at radius 2 is 1.88 bits per heavy atom. The van der Waals surface area contributed by atoms with Crippen LogP contribution >= 0.6 is 0 Å². The van der Waals surface area contributed by atoms with E-state index in [1.165, 1.54) is 23.1 Å². The van der Waals surface area contributed by atoms with E-state index < -0.39 is 0 Å². The van der Waals surface area contributed by atoms with Crippen LogP contribution in [0.3, 0.4) is 0 Å². The van der Waals surface area contributed by atoms with Crippen molar-refractivity contribution < 1.29 is 0 Å². The molecule has 3 N–H and O–H groups in total. The molecular formula is C14H24N2. The molecule has 0 spiro atoms. The summed E-state index contributed by atoms with van der Waals surface area (Å²) in [7, 11) is 0. The van der Waals surface area contributed by atoms with Gasteiger partial charge >= 0.3 is 0 Å². The zero-order valence-corrected chi connectivity index (χ0v) is 10.9. The van der Waals surface area contributed by atoms with Crippen LogP contribution in [0.1, 0.15) is 49.4 Å². The average Bonchev–Trinajstić information content (AvgIpc) is 2.24. The van der Waals surface area contributed by atoms with Crippen LogP contribution in [0.15, 0.2) is 18.2 Å². The molecule has 0 fully saturated rings. The van der Waals surface area contributed by atoms with Crippen molar-refractivity contribution in [2.45, 2.75) is 46.6 Å². The molecular weight excluding hydrogens is 196 g/mol. The predicted octanol–water partition coefficient (Wildman–Crippen LogP) is 3.24. The van der Waals surface area contributed by atoms with Crippen molar-refractivity contribution in [2.24, 2.45) is 11.8 Å². The molecule has 1 rings (SSSR count). The molecule has 2 nitrogen and oxygen atoms in total. The van der Waals surface area contributed by atoms with E-state index in [0.717, 1.165) is 12.3 Å². The Hall–Kier alpha value is -0.860. The Balaban J connectivity index is 2.82. The summed E-state index contributed by atoms with van der Waals surface area (Å²) in [5, 5.41) is 0. The van der Waals surface area contributed by atoms with E-state index in [9.17, 15) is 0 Å². The number of hydrogen-bond acceptors (Lipinski definition) is 2. The van der Waals surface area contributed by atoms with Crippen molar-refractivity contribution in [1.82, 2.24) is 5.43 Å². The number of nitrogens with one attached hydrogen (secondary N) is 1. The first-order valence-corrected chi connectivity index (χ1v) is 6.08. The van der Waals surface area contributed by atoms with Gasteiger partial charge in [0.1, 0.15) is 0 Å². The molecule has 0 heterocycles. The lowest BCUT2D eigenvalue weighted by atomic mass is 9.93. The van der Waals surface area contributed by atoms with Crippen LogP contribution < -0.4 is 11.3 Å². The Morgan fingerprint density at radius 1 is 1.19 bits per heavy atom. The van der Waals surface area contributed by atoms with E-state index in [-0.39, 0.29) is 6.04 Å². The molecule has 1 aromatic rings. The van der Waals surface area contributed by atoms with Crippen molar-refractivity contribution in [3.63, 3.8) is 0 Å². The number of aryl methyl sites for hydroxylation is 1. The fourth-order valence-electron chi connectivity index (χ4n) is 1.98. The monoisotopic (exact) mass is 220 g/mol. The molecule has 0 aliphatic heterocycles. The van der Waals surface area contributed by atoms with Crippen LogP contribution in [0.2, 0.25) is 0 Å². The second kappa shape index (κ2) is 6.02. The summed E-state index contributed by atoms with van der Waals surface area (Å²) < 4.78 is 0. The third-order valence-corrected chi connectivity index (χ3v) is 3.26. The van der Waals surface area contributed by atoms with Crippen LogP contribution in [0, 0.1) is 19.8 Å². The molecule has 0 saturated heterocycles. The van der Waals surface area contributed by atoms with Gasteiger partial charge in [0.05, 0.1) is 0 Å². The SMILES string of the molecule is Cc1cccc(C(CCC(C)C)NN)c1C. The molecule has 0 aliphatic rings. The van der Waals surface area contributed by atoms with Crippen LogP contribution in [0.4, 0.5) is 0 Å². The first-order chi connectivity index (χ1) is 7.56. The predicted molar refractivity (Wildman–Crippen MR) is 70.1 cm³/mol.